The van der Waals surface area contributed by atoms with E-state index in [4.69, 9.17) is 5.11 Å². The maximum atomic E-state index is 11.7. The van der Waals surface area contributed by atoms with Crippen molar-refractivity contribution in [3.8, 4) is 5.88 Å². The van der Waals surface area contributed by atoms with Crippen LogP contribution in [0.3, 0.4) is 0 Å². The van der Waals surface area contributed by atoms with E-state index >= 15 is 0 Å². The second-order valence-electron chi connectivity index (χ2n) is 3.61. The van der Waals surface area contributed by atoms with Crippen LogP contribution < -0.4 is 10.3 Å². The molecule has 0 atom stereocenters. The Morgan fingerprint density at radius 3 is 2.94 bits per heavy atom. The smallest absolute Gasteiger partial charge is 0.449 e. The molecule has 3 aromatic rings. The van der Waals surface area contributed by atoms with Gasteiger partial charge in [-0.05, 0) is 12.1 Å². The molecule has 0 aliphatic carbocycles. The fourth-order valence-corrected chi connectivity index (χ4v) is 1.81. The Labute approximate surface area is 99.3 Å². The molecular formula is C11H7N3O4. The average molecular weight is 245 g/mol. The van der Waals surface area contributed by atoms with Crippen molar-refractivity contribution in [2.75, 3.05) is 0 Å². The molecular weight excluding hydrogens is 238 g/mol. The molecule has 0 aliphatic heterocycles. The number of hydrogen-bond donors (Lipinski definition) is 2. The number of aromatic amines is 1. The molecule has 7 heteroatoms. The number of para-hydroxylation sites is 2. The fourth-order valence-electron chi connectivity index (χ4n) is 1.81. The lowest BCUT2D eigenvalue weighted by atomic mass is 10.3. The van der Waals surface area contributed by atoms with Crippen LogP contribution in [-0.4, -0.2) is 25.6 Å². The highest BCUT2D eigenvalue weighted by molar-refractivity contribution is 5.77. The van der Waals surface area contributed by atoms with Crippen LogP contribution in [-0.2, 0) is 0 Å². The van der Waals surface area contributed by atoms with Crippen molar-refractivity contribution in [2.24, 2.45) is 0 Å². The van der Waals surface area contributed by atoms with Crippen molar-refractivity contribution >= 4 is 22.8 Å². The Bertz CT molecular complexity index is 818. The van der Waals surface area contributed by atoms with E-state index < -0.39 is 11.7 Å². The highest BCUT2D eigenvalue weighted by Gasteiger charge is 2.11. The molecule has 0 radical (unpaired) electrons. The minimum absolute atomic E-state index is 0.0879. The molecule has 18 heavy (non-hydrogen) atoms. The van der Waals surface area contributed by atoms with Gasteiger partial charge in [0.25, 0.3) is 5.56 Å². The SMILES string of the molecule is O=C(O)Oc1cn2c(n1)c(=O)[nH]c1ccccc12. The Hall–Kier alpha value is -2.83. The number of benzene rings is 1. The van der Waals surface area contributed by atoms with Gasteiger partial charge in [0.1, 0.15) is 0 Å². The van der Waals surface area contributed by atoms with E-state index in [2.05, 4.69) is 14.7 Å². The number of carboxylic acid groups (broad SMARTS) is 1. The van der Waals surface area contributed by atoms with Gasteiger partial charge in [-0.15, -0.1) is 0 Å². The third-order valence-corrected chi connectivity index (χ3v) is 2.49. The normalized spacial score (nSPS) is 10.9. The van der Waals surface area contributed by atoms with Crippen LogP contribution in [0.15, 0.2) is 35.3 Å². The molecule has 3 rings (SSSR count). The molecule has 0 amide bonds. The zero-order chi connectivity index (χ0) is 12.7. The van der Waals surface area contributed by atoms with Crippen molar-refractivity contribution in [1.82, 2.24) is 14.4 Å². The topological polar surface area (TPSA) is 96.7 Å². The highest BCUT2D eigenvalue weighted by atomic mass is 16.7. The lowest BCUT2D eigenvalue weighted by Crippen LogP contribution is -2.10. The Morgan fingerprint density at radius 2 is 2.17 bits per heavy atom. The molecule has 0 saturated carbocycles. The standard InChI is InChI=1S/C11H7N3O4/c15-10-9-13-8(18-11(16)17)5-14(9)7-4-2-1-3-6(7)12-10/h1-5H,(H,12,15)(H,16,17). The van der Waals surface area contributed by atoms with E-state index in [0.29, 0.717) is 11.0 Å². The Kier molecular flexibility index (Phi) is 2.06. The van der Waals surface area contributed by atoms with E-state index in [9.17, 15) is 9.59 Å². The number of nitrogens with one attached hydrogen (secondary N) is 1. The molecule has 1 aromatic carbocycles. The minimum atomic E-state index is -1.47. The largest absolute Gasteiger partial charge is 0.512 e. The summed E-state index contributed by atoms with van der Waals surface area (Å²) in [6.45, 7) is 0. The van der Waals surface area contributed by atoms with Gasteiger partial charge >= 0.3 is 6.16 Å². The van der Waals surface area contributed by atoms with Gasteiger partial charge in [-0.1, -0.05) is 12.1 Å². The van der Waals surface area contributed by atoms with Crippen LogP contribution in [0.5, 0.6) is 5.88 Å². The summed E-state index contributed by atoms with van der Waals surface area (Å²) >= 11 is 0. The first kappa shape index (κ1) is 10.3. The lowest BCUT2D eigenvalue weighted by molar-refractivity contribution is 0.143. The Balaban J connectivity index is 2.37. The van der Waals surface area contributed by atoms with Crippen molar-refractivity contribution < 1.29 is 14.6 Å². The number of nitrogens with zero attached hydrogens (tertiary/aromatic N) is 2. The zero-order valence-corrected chi connectivity index (χ0v) is 8.95. The molecule has 2 aromatic heterocycles. The number of hydrogen-bond acceptors (Lipinski definition) is 4. The number of fused-ring (bicyclic) bond motifs is 3. The van der Waals surface area contributed by atoms with Crippen molar-refractivity contribution in [2.45, 2.75) is 0 Å². The third-order valence-electron chi connectivity index (χ3n) is 2.49. The van der Waals surface area contributed by atoms with Crippen molar-refractivity contribution in [3.63, 3.8) is 0 Å². The summed E-state index contributed by atoms with van der Waals surface area (Å²) in [4.78, 5) is 28.7. The summed E-state index contributed by atoms with van der Waals surface area (Å²) in [5, 5.41) is 8.52. The van der Waals surface area contributed by atoms with E-state index in [1.54, 1.807) is 24.3 Å². The van der Waals surface area contributed by atoms with E-state index in [-0.39, 0.29) is 11.5 Å². The number of H-pyrrole nitrogens is 1. The maximum absolute atomic E-state index is 11.7. The van der Waals surface area contributed by atoms with Gasteiger partial charge < -0.3 is 14.8 Å². The molecule has 7 nitrogen and oxygen atoms in total. The Morgan fingerprint density at radius 1 is 1.39 bits per heavy atom. The summed E-state index contributed by atoms with van der Waals surface area (Å²) in [5.41, 5.74) is 1.02. The van der Waals surface area contributed by atoms with Gasteiger partial charge in [0.05, 0.1) is 17.2 Å². The van der Waals surface area contributed by atoms with E-state index in [0.717, 1.165) is 0 Å². The first-order valence-electron chi connectivity index (χ1n) is 5.06. The molecule has 0 unspecified atom stereocenters. The zero-order valence-electron chi connectivity index (χ0n) is 8.95. The molecule has 2 N–H and O–H groups in total. The van der Waals surface area contributed by atoms with Crippen LogP contribution >= 0.6 is 0 Å². The summed E-state index contributed by atoms with van der Waals surface area (Å²) in [7, 11) is 0. The maximum Gasteiger partial charge on any atom is 0.512 e. The minimum Gasteiger partial charge on any atom is -0.449 e. The molecule has 0 fully saturated rings. The number of rotatable bonds is 1. The number of imidazole rings is 1. The second-order valence-corrected chi connectivity index (χ2v) is 3.61. The summed E-state index contributed by atoms with van der Waals surface area (Å²) in [6, 6.07) is 7.12. The number of aromatic nitrogens is 3. The lowest BCUT2D eigenvalue weighted by Gasteiger charge is -1.99. The monoisotopic (exact) mass is 245 g/mol. The predicted octanol–water partition coefficient (Wildman–Crippen LogP) is 1.23. The number of carbonyl (C=O) groups is 1. The predicted molar refractivity (Wildman–Crippen MR) is 62.0 cm³/mol. The number of ether oxygens (including phenoxy) is 1. The van der Waals surface area contributed by atoms with Crippen LogP contribution in [0.1, 0.15) is 0 Å². The molecule has 2 heterocycles. The molecule has 0 saturated heterocycles. The average Bonchev–Trinajstić information content (AvgIpc) is 2.73. The van der Waals surface area contributed by atoms with Crippen LogP contribution in [0.4, 0.5) is 4.79 Å². The fraction of sp³-hybridized carbons (Fsp3) is 0. The first-order chi connectivity index (χ1) is 8.65. The quantitative estimate of drug-likeness (QED) is 0.628. The first-order valence-corrected chi connectivity index (χ1v) is 5.06. The van der Waals surface area contributed by atoms with Crippen LogP contribution in [0, 0.1) is 0 Å². The summed E-state index contributed by atoms with van der Waals surface area (Å²) < 4.78 is 5.93. The molecule has 90 valence electrons. The van der Waals surface area contributed by atoms with Gasteiger partial charge in [0.15, 0.2) is 0 Å². The second kappa shape index (κ2) is 3.59. The summed E-state index contributed by atoms with van der Waals surface area (Å²) in [6.07, 6.45) is -0.111. The van der Waals surface area contributed by atoms with Gasteiger partial charge in [-0.25, -0.2) is 4.79 Å². The van der Waals surface area contributed by atoms with Gasteiger partial charge in [0, 0.05) is 0 Å². The third kappa shape index (κ3) is 1.49. The summed E-state index contributed by atoms with van der Waals surface area (Å²) in [5.74, 6) is -0.135. The van der Waals surface area contributed by atoms with Crippen LogP contribution in [0.2, 0.25) is 0 Å². The van der Waals surface area contributed by atoms with E-state index in [1.165, 1.54) is 10.6 Å². The molecule has 0 aliphatic rings. The molecule has 0 spiro atoms. The van der Waals surface area contributed by atoms with Gasteiger partial charge in [-0.2, -0.15) is 4.98 Å². The van der Waals surface area contributed by atoms with Crippen molar-refractivity contribution in [1.29, 1.82) is 0 Å². The van der Waals surface area contributed by atoms with Gasteiger partial charge in [-0.3, -0.25) is 9.20 Å². The highest BCUT2D eigenvalue weighted by Crippen LogP contribution is 2.15. The van der Waals surface area contributed by atoms with Gasteiger partial charge in [0.2, 0.25) is 11.5 Å². The van der Waals surface area contributed by atoms with Crippen molar-refractivity contribution in [3.05, 3.63) is 40.8 Å². The van der Waals surface area contributed by atoms with Crippen LogP contribution in [0.25, 0.3) is 16.7 Å². The van der Waals surface area contributed by atoms with E-state index in [1.807, 2.05) is 0 Å². The molecule has 0 bridgehead atoms.